The third kappa shape index (κ3) is 3.49. The zero-order chi connectivity index (χ0) is 17.0. The molecule has 0 amide bonds. The molecule has 128 valence electrons. The number of carbonyl (C=O) groups is 1. The molecule has 0 saturated carbocycles. The highest BCUT2D eigenvalue weighted by Crippen LogP contribution is 2.28. The Hall–Kier alpha value is -2.18. The maximum atomic E-state index is 11.6. The summed E-state index contributed by atoms with van der Waals surface area (Å²) in [6.45, 7) is 3.96. The fourth-order valence-corrected chi connectivity index (χ4v) is 3.09. The molecule has 6 nitrogen and oxygen atoms in total. The van der Waals surface area contributed by atoms with Gasteiger partial charge in [-0.15, -0.1) is 0 Å². The van der Waals surface area contributed by atoms with Gasteiger partial charge in [-0.2, -0.15) is 5.10 Å². The zero-order valence-corrected chi connectivity index (χ0v) is 13.9. The van der Waals surface area contributed by atoms with E-state index in [1.807, 2.05) is 35.3 Å². The van der Waals surface area contributed by atoms with E-state index in [2.05, 4.69) is 23.4 Å². The number of para-hydroxylation sites is 1. The molecule has 2 heterocycles. The standard InChI is InChI=1S/C18H23N3O3/c1-14-5-2-3-6-16(14)21-11-15(10-20-21)9-19-12-18(17(22)23)7-4-8-24-13-18/h2-3,5-6,10-11,19H,4,7-9,12-13H2,1H3,(H,22,23). The van der Waals surface area contributed by atoms with Crippen molar-refractivity contribution in [1.29, 1.82) is 0 Å². The monoisotopic (exact) mass is 329 g/mol. The van der Waals surface area contributed by atoms with Crippen molar-refractivity contribution in [2.45, 2.75) is 26.3 Å². The average Bonchev–Trinajstić information content (AvgIpc) is 3.04. The maximum Gasteiger partial charge on any atom is 0.313 e. The number of hydrogen-bond donors (Lipinski definition) is 2. The second-order valence-electron chi connectivity index (χ2n) is 6.42. The van der Waals surface area contributed by atoms with Gasteiger partial charge in [0.25, 0.3) is 0 Å². The van der Waals surface area contributed by atoms with Crippen molar-refractivity contribution in [3.05, 3.63) is 47.8 Å². The molecule has 3 rings (SSSR count). The first-order valence-corrected chi connectivity index (χ1v) is 8.22. The van der Waals surface area contributed by atoms with Crippen LogP contribution in [0.1, 0.15) is 24.0 Å². The molecule has 6 heteroatoms. The van der Waals surface area contributed by atoms with Crippen LogP contribution in [0.4, 0.5) is 0 Å². The molecular formula is C18H23N3O3. The summed E-state index contributed by atoms with van der Waals surface area (Å²) in [5.41, 5.74) is 2.41. The molecule has 1 fully saturated rings. The van der Waals surface area contributed by atoms with Crippen molar-refractivity contribution in [2.75, 3.05) is 19.8 Å². The molecule has 1 atom stereocenters. The van der Waals surface area contributed by atoms with Crippen LogP contribution < -0.4 is 5.32 Å². The second kappa shape index (κ2) is 7.15. The normalized spacial score (nSPS) is 20.9. The van der Waals surface area contributed by atoms with Gasteiger partial charge in [0.2, 0.25) is 0 Å². The summed E-state index contributed by atoms with van der Waals surface area (Å²) in [5, 5.41) is 17.2. The maximum absolute atomic E-state index is 11.6. The molecule has 0 radical (unpaired) electrons. The lowest BCUT2D eigenvalue weighted by molar-refractivity contribution is -0.156. The first-order valence-electron chi connectivity index (χ1n) is 8.22. The Bertz CT molecular complexity index is 705. The van der Waals surface area contributed by atoms with E-state index in [0.29, 0.717) is 26.1 Å². The van der Waals surface area contributed by atoms with Crippen LogP contribution in [-0.2, 0) is 16.1 Å². The number of ether oxygens (including phenoxy) is 1. The van der Waals surface area contributed by atoms with Crippen LogP contribution in [0.15, 0.2) is 36.7 Å². The van der Waals surface area contributed by atoms with Crippen molar-refractivity contribution in [3.8, 4) is 5.69 Å². The van der Waals surface area contributed by atoms with Crippen LogP contribution in [0.3, 0.4) is 0 Å². The fourth-order valence-electron chi connectivity index (χ4n) is 3.09. The first kappa shape index (κ1) is 16.7. The number of hydrogen-bond acceptors (Lipinski definition) is 4. The lowest BCUT2D eigenvalue weighted by Crippen LogP contribution is -2.46. The number of nitrogens with zero attached hydrogens (tertiary/aromatic N) is 2. The Labute approximate surface area is 141 Å². The van der Waals surface area contributed by atoms with Crippen LogP contribution in [0.25, 0.3) is 5.69 Å². The molecule has 2 aromatic rings. The molecule has 0 spiro atoms. The first-order chi connectivity index (χ1) is 11.6. The minimum atomic E-state index is -0.815. The lowest BCUT2D eigenvalue weighted by atomic mass is 9.82. The van der Waals surface area contributed by atoms with Crippen molar-refractivity contribution < 1.29 is 14.6 Å². The molecular weight excluding hydrogens is 306 g/mol. The molecule has 1 aromatic carbocycles. The highest BCUT2D eigenvalue weighted by atomic mass is 16.5. The van der Waals surface area contributed by atoms with Crippen LogP contribution in [0.5, 0.6) is 0 Å². The Morgan fingerprint density at radius 1 is 1.46 bits per heavy atom. The van der Waals surface area contributed by atoms with Gasteiger partial charge in [0.05, 0.1) is 18.5 Å². The molecule has 24 heavy (non-hydrogen) atoms. The number of aliphatic carboxylic acids is 1. The number of aryl methyl sites for hydroxylation is 1. The van der Waals surface area contributed by atoms with Crippen molar-refractivity contribution >= 4 is 5.97 Å². The number of carboxylic acid groups (broad SMARTS) is 1. The van der Waals surface area contributed by atoms with Gasteiger partial charge in [-0.25, -0.2) is 4.68 Å². The van der Waals surface area contributed by atoms with E-state index in [1.54, 1.807) is 0 Å². The van der Waals surface area contributed by atoms with Crippen LogP contribution in [-0.4, -0.2) is 40.6 Å². The Morgan fingerprint density at radius 3 is 3.00 bits per heavy atom. The average molecular weight is 329 g/mol. The Balaban J connectivity index is 1.61. The second-order valence-corrected chi connectivity index (χ2v) is 6.42. The molecule has 1 aliphatic rings. The van der Waals surface area contributed by atoms with E-state index in [9.17, 15) is 9.90 Å². The Kier molecular flexibility index (Phi) is 4.97. The number of aromatic nitrogens is 2. The molecule has 1 saturated heterocycles. The van der Waals surface area contributed by atoms with Gasteiger partial charge in [0.1, 0.15) is 5.41 Å². The smallest absolute Gasteiger partial charge is 0.313 e. The van der Waals surface area contributed by atoms with Gasteiger partial charge in [0.15, 0.2) is 0 Å². The number of benzene rings is 1. The highest BCUT2D eigenvalue weighted by molar-refractivity contribution is 5.75. The van der Waals surface area contributed by atoms with Crippen LogP contribution >= 0.6 is 0 Å². The van der Waals surface area contributed by atoms with Crippen LogP contribution in [0, 0.1) is 12.3 Å². The van der Waals surface area contributed by atoms with E-state index in [4.69, 9.17) is 4.74 Å². The predicted octanol–water partition coefficient (Wildman–Crippen LogP) is 2.15. The van der Waals surface area contributed by atoms with Gasteiger partial charge in [0, 0.05) is 31.5 Å². The summed E-state index contributed by atoms with van der Waals surface area (Å²) in [6.07, 6.45) is 5.22. The minimum absolute atomic E-state index is 0.276. The molecule has 2 N–H and O–H groups in total. The van der Waals surface area contributed by atoms with Gasteiger partial charge in [-0.3, -0.25) is 4.79 Å². The molecule has 1 aromatic heterocycles. The molecule has 1 unspecified atom stereocenters. The number of carboxylic acids is 1. The van der Waals surface area contributed by atoms with Crippen LogP contribution in [0.2, 0.25) is 0 Å². The van der Waals surface area contributed by atoms with Gasteiger partial charge in [-0.1, -0.05) is 18.2 Å². The van der Waals surface area contributed by atoms with E-state index in [-0.39, 0.29) is 6.61 Å². The van der Waals surface area contributed by atoms with E-state index in [1.165, 1.54) is 0 Å². The summed E-state index contributed by atoms with van der Waals surface area (Å²) in [7, 11) is 0. The van der Waals surface area contributed by atoms with E-state index < -0.39 is 11.4 Å². The lowest BCUT2D eigenvalue weighted by Gasteiger charge is -2.33. The predicted molar refractivity (Wildman–Crippen MR) is 90.1 cm³/mol. The third-order valence-corrected chi connectivity index (χ3v) is 4.57. The molecule has 0 aliphatic carbocycles. The summed E-state index contributed by atoms with van der Waals surface area (Å²) < 4.78 is 7.24. The van der Waals surface area contributed by atoms with Crippen molar-refractivity contribution in [2.24, 2.45) is 5.41 Å². The van der Waals surface area contributed by atoms with Gasteiger partial charge >= 0.3 is 5.97 Å². The quantitative estimate of drug-likeness (QED) is 0.849. The summed E-state index contributed by atoms with van der Waals surface area (Å²) in [5.74, 6) is -0.787. The topological polar surface area (TPSA) is 76.4 Å². The largest absolute Gasteiger partial charge is 0.481 e. The van der Waals surface area contributed by atoms with Crippen molar-refractivity contribution in [3.63, 3.8) is 0 Å². The number of nitrogens with one attached hydrogen (secondary N) is 1. The zero-order valence-electron chi connectivity index (χ0n) is 13.9. The number of rotatable bonds is 6. The summed E-state index contributed by atoms with van der Waals surface area (Å²) in [6, 6.07) is 8.07. The Morgan fingerprint density at radius 2 is 2.29 bits per heavy atom. The SMILES string of the molecule is Cc1ccccc1-n1cc(CNCC2(C(=O)O)CCCOC2)cn1. The highest BCUT2D eigenvalue weighted by Gasteiger charge is 2.40. The summed E-state index contributed by atoms with van der Waals surface area (Å²) >= 11 is 0. The van der Waals surface area contributed by atoms with E-state index in [0.717, 1.165) is 23.2 Å². The van der Waals surface area contributed by atoms with Gasteiger partial charge < -0.3 is 15.2 Å². The molecule has 1 aliphatic heterocycles. The van der Waals surface area contributed by atoms with E-state index >= 15 is 0 Å². The fraction of sp³-hybridized carbons (Fsp3) is 0.444. The summed E-state index contributed by atoms with van der Waals surface area (Å²) in [4.78, 5) is 11.6. The minimum Gasteiger partial charge on any atom is -0.481 e. The third-order valence-electron chi connectivity index (χ3n) is 4.57. The molecule has 0 bridgehead atoms. The van der Waals surface area contributed by atoms with Gasteiger partial charge in [-0.05, 0) is 31.4 Å². The van der Waals surface area contributed by atoms with Crippen molar-refractivity contribution in [1.82, 2.24) is 15.1 Å².